The Morgan fingerprint density at radius 1 is 1.12 bits per heavy atom. The minimum Gasteiger partial charge on any atom is -0.355 e. The molecular formula is C12H18ClN3. The third-order valence-corrected chi connectivity index (χ3v) is 4.01. The van der Waals surface area contributed by atoms with Crippen LogP contribution in [0.25, 0.3) is 0 Å². The van der Waals surface area contributed by atoms with Crippen molar-refractivity contribution in [1.82, 2.24) is 10.2 Å². The van der Waals surface area contributed by atoms with Gasteiger partial charge in [-0.1, -0.05) is 24.4 Å². The molecule has 0 N–H and O–H groups in total. The van der Waals surface area contributed by atoms with Crippen molar-refractivity contribution in [1.29, 1.82) is 0 Å². The lowest BCUT2D eigenvalue weighted by Crippen LogP contribution is -2.30. The zero-order valence-electron chi connectivity index (χ0n) is 10.1. The largest absolute Gasteiger partial charge is 0.355 e. The van der Waals surface area contributed by atoms with E-state index in [0.717, 1.165) is 16.9 Å². The molecule has 1 heterocycles. The van der Waals surface area contributed by atoms with Crippen LogP contribution >= 0.6 is 11.6 Å². The first kappa shape index (κ1) is 11.6. The van der Waals surface area contributed by atoms with E-state index in [1.165, 1.54) is 25.7 Å². The van der Waals surface area contributed by atoms with E-state index in [9.17, 15) is 0 Å². The first-order chi connectivity index (χ1) is 7.61. The van der Waals surface area contributed by atoms with Crippen LogP contribution in [-0.4, -0.2) is 23.3 Å². The Morgan fingerprint density at radius 3 is 2.38 bits per heavy atom. The quantitative estimate of drug-likeness (QED) is 0.794. The van der Waals surface area contributed by atoms with Crippen LogP contribution in [0.4, 0.5) is 5.82 Å². The molecule has 0 saturated heterocycles. The van der Waals surface area contributed by atoms with Gasteiger partial charge in [-0.3, -0.25) is 0 Å². The van der Waals surface area contributed by atoms with E-state index in [1.807, 2.05) is 6.92 Å². The molecule has 0 unspecified atom stereocenters. The fourth-order valence-corrected chi connectivity index (χ4v) is 2.54. The molecule has 1 aromatic heterocycles. The van der Waals surface area contributed by atoms with Gasteiger partial charge in [0.25, 0.3) is 0 Å². The van der Waals surface area contributed by atoms with Crippen molar-refractivity contribution >= 4 is 17.4 Å². The van der Waals surface area contributed by atoms with Gasteiger partial charge in [0.1, 0.15) is 0 Å². The van der Waals surface area contributed by atoms with Gasteiger partial charge in [0.15, 0.2) is 11.0 Å². The van der Waals surface area contributed by atoms with Crippen LogP contribution in [0.2, 0.25) is 5.15 Å². The first-order valence-electron chi connectivity index (χ1n) is 5.83. The van der Waals surface area contributed by atoms with Gasteiger partial charge in [-0.2, -0.15) is 0 Å². The molecule has 0 aromatic carbocycles. The van der Waals surface area contributed by atoms with Crippen molar-refractivity contribution in [3.05, 3.63) is 16.3 Å². The Morgan fingerprint density at radius 2 is 1.75 bits per heavy atom. The second-order valence-corrected chi connectivity index (χ2v) is 4.97. The van der Waals surface area contributed by atoms with E-state index >= 15 is 0 Å². The second kappa shape index (κ2) is 4.58. The molecule has 1 aromatic rings. The summed E-state index contributed by atoms with van der Waals surface area (Å²) < 4.78 is 0. The van der Waals surface area contributed by atoms with Crippen LogP contribution in [0.15, 0.2) is 0 Å². The van der Waals surface area contributed by atoms with E-state index in [-0.39, 0.29) is 0 Å². The molecule has 16 heavy (non-hydrogen) atoms. The molecule has 88 valence electrons. The Kier molecular flexibility index (Phi) is 3.33. The highest BCUT2D eigenvalue weighted by Gasteiger charge is 2.22. The zero-order chi connectivity index (χ0) is 11.7. The van der Waals surface area contributed by atoms with Crippen LogP contribution < -0.4 is 4.90 Å². The molecule has 0 atom stereocenters. The average Bonchev–Trinajstić information content (AvgIpc) is 2.79. The summed E-state index contributed by atoms with van der Waals surface area (Å²) in [5, 5.41) is 8.75. The molecule has 0 aliphatic heterocycles. The summed E-state index contributed by atoms with van der Waals surface area (Å²) in [6.45, 7) is 4.06. The maximum atomic E-state index is 5.96. The molecule has 0 spiro atoms. The zero-order valence-corrected chi connectivity index (χ0v) is 10.9. The molecule has 0 radical (unpaired) electrons. The number of hydrogen-bond acceptors (Lipinski definition) is 3. The van der Waals surface area contributed by atoms with E-state index in [1.54, 1.807) is 0 Å². The first-order valence-corrected chi connectivity index (χ1v) is 6.21. The topological polar surface area (TPSA) is 29.0 Å². The molecule has 0 bridgehead atoms. The van der Waals surface area contributed by atoms with Crippen LogP contribution in [0.3, 0.4) is 0 Å². The molecule has 1 aliphatic rings. The lowest BCUT2D eigenvalue weighted by molar-refractivity contribution is 0.640. The summed E-state index contributed by atoms with van der Waals surface area (Å²) in [6, 6.07) is 0.619. The van der Waals surface area contributed by atoms with Gasteiger partial charge in [-0.05, 0) is 37.8 Å². The van der Waals surface area contributed by atoms with Gasteiger partial charge in [-0.25, -0.2) is 0 Å². The third kappa shape index (κ3) is 2.01. The SMILES string of the molecule is Cc1c(Cl)nnc(N(C)C2CCCC2)c1C. The van der Waals surface area contributed by atoms with Crippen molar-refractivity contribution in [3.8, 4) is 0 Å². The Bertz CT molecular complexity index is 386. The van der Waals surface area contributed by atoms with E-state index < -0.39 is 0 Å². The Hall–Kier alpha value is -0.830. The molecule has 1 saturated carbocycles. The summed E-state index contributed by atoms with van der Waals surface area (Å²) in [7, 11) is 2.11. The predicted octanol–water partition coefficient (Wildman–Crippen LogP) is 3.13. The minimum absolute atomic E-state index is 0.515. The van der Waals surface area contributed by atoms with Gasteiger partial charge < -0.3 is 4.90 Å². The summed E-state index contributed by atoms with van der Waals surface area (Å²) in [6.07, 6.45) is 5.18. The molecule has 2 rings (SSSR count). The van der Waals surface area contributed by atoms with E-state index in [4.69, 9.17) is 11.6 Å². The molecule has 1 aliphatic carbocycles. The van der Waals surface area contributed by atoms with Crippen molar-refractivity contribution in [3.63, 3.8) is 0 Å². The highest BCUT2D eigenvalue weighted by molar-refractivity contribution is 6.30. The van der Waals surface area contributed by atoms with Crippen LogP contribution in [-0.2, 0) is 0 Å². The second-order valence-electron chi connectivity index (χ2n) is 4.61. The lowest BCUT2D eigenvalue weighted by atomic mass is 10.1. The number of rotatable bonds is 2. The highest BCUT2D eigenvalue weighted by Crippen LogP contribution is 2.29. The highest BCUT2D eigenvalue weighted by atomic mass is 35.5. The van der Waals surface area contributed by atoms with Gasteiger partial charge in [0.05, 0.1) is 0 Å². The molecule has 4 heteroatoms. The molecule has 0 amide bonds. The van der Waals surface area contributed by atoms with Gasteiger partial charge in [-0.15, -0.1) is 10.2 Å². The van der Waals surface area contributed by atoms with Crippen molar-refractivity contribution in [2.24, 2.45) is 0 Å². The standard InChI is InChI=1S/C12H18ClN3/c1-8-9(2)12(15-14-11(8)13)16(3)10-6-4-5-7-10/h10H,4-7H2,1-3H3. The van der Waals surface area contributed by atoms with Crippen molar-refractivity contribution < 1.29 is 0 Å². The van der Waals surface area contributed by atoms with Gasteiger partial charge in [0, 0.05) is 13.1 Å². The fraction of sp³-hybridized carbons (Fsp3) is 0.667. The minimum atomic E-state index is 0.515. The van der Waals surface area contributed by atoms with E-state index in [0.29, 0.717) is 11.2 Å². The van der Waals surface area contributed by atoms with Crippen molar-refractivity contribution in [2.45, 2.75) is 45.6 Å². The maximum Gasteiger partial charge on any atom is 0.155 e. The Balaban J connectivity index is 2.29. The number of hydrogen-bond donors (Lipinski definition) is 0. The van der Waals surface area contributed by atoms with Crippen LogP contribution in [0.1, 0.15) is 36.8 Å². The molecule has 3 nitrogen and oxygen atoms in total. The third-order valence-electron chi connectivity index (χ3n) is 3.65. The monoisotopic (exact) mass is 239 g/mol. The van der Waals surface area contributed by atoms with Crippen molar-refractivity contribution in [2.75, 3.05) is 11.9 Å². The number of nitrogens with zero attached hydrogens (tertiary/aromatic N) is 3. The van der Waals surface area contributed by atoms with Crippen LogP contribution in [0.5, 0.6) is 0 Å². The maximum absolute atomic E-state index is 5.96. The number of aromatic nitrogens is 2. The fourth-order valence-electron chi connectivity index (χ4n) is 2.36. The predicted molar refractivity (Wildman–Crippen MR) is 67.2 cm³/mol. The summed E-state index contributed by atoms with van der Waals surface area (Å²) in [4.78, 5) is 2.26. The number of anilines is 1. The summed E-state index contributed by atoms with van der Waals surface area (Å²) in [5.41, 5.74) is 2.19. The molecular weight excluding hydrogens is 222 g/mol. The van der Waals surface area contributed by atoms with Gasteiger partial charge >= 0.3 is 0 Å². The smallest absolute Gasteiger partial charge is 0.155 e. The van der Waals surface area contributed by atoms with Gasteiger partial charge in [0.2, 0.25) is 0 Å². The normalized spacial score (nSPS) is 16.8. The lowest BCUT2D eigenvalue weighted by Gasteiger charge is -2.26. The summed E-state index contributed by atoms with van der Waals surface area (Å²) >= 11 is 5.96. The van der Waals surface area contributed by atoms with Crippen LogP contribution in [0, 0.1) is 13.8 Å². The summed E-state index contributed by atoms with van der Waals surface area (Å²) in [5.74, 6) is 0.980. The molecule has 1 fully saturated rings. The number of halogens is 1. The average molecular weight is 240 g/mol. The Labute approximate surface area is 102 Å². The van der Waals surface area contributed by atoms with E-state index in [2.05, 4.69) is 29.1 Å².